The summed E-state index contributed by atoms with van der Waals surface area (Å²) < 4.78 is 11.9. The van der Waals surface area contributed by atoms with Crippen molar-refractivity contribution in [2.24, 2.45) is 5.92 Å². The predicted octanol–water partition coefficient (Wildman–Crippen LogP) is 2.51. The highest BCUT2D eigenvalue weighted by Crippen LogP contribution is 2.39. The molecule has 0 aliphatic heterocycles. The van der Waals surface area contributed by atoms with Gasteiger partial charge in [0.2, 0.25) is 0 Å². The van der Waals surface area contributed by atoms with Crippen molar-refractivity contribution in [3.8, 4) is 6.19 Å². The zero-order valence-corrected chi connectivity index (χ0v) is 11.3. The van der Waals surface area contributed by atoms with Gasteiger partial charge in [0.25, 0.3) is 11.5 Å². The topological polar surface area (TPSA) is 56.8 Å². The van der Waals surface area contributed by atoms with Gasteiger partial charge in [-0.05, 0) is 30.4 Å². The zero-order chi connectivity index (χ0) is 13.0. The largest absolute Gasteiger partial charge is 0.473 e. The van der Waals surface area contributed by atoms with Gasteiger partial charge in [0, 0.05) is 12.1 Å². The van der Waals surface area contributed by atoms with Crippen LogP contribution in [0.5, 0.6) is 0 Å². The first-order valence-corrected chi connectivity index (χ1v) is 6.91. The predicted molar refractivity (Wildman–Crippen MR) is 68.2 cm³/mol. The normalized spacial score (nSPS) is 22.4. The second-order valence-corrected chi connectivity index (χ2v) is 5.42. The van der Waals surface area contributed by atoms with Gasteiger partial charge in [-0.2, -0.15) is 4.21 Å². The fraction of sp³-hybridized carbons (Fsp3) is 0.500. The maximum atomic E-state index is 10.7. The van der Waals surface area contributed by atoms with Gasteiger partial charge in [0.1, 0.15) is 11.7 Å². The van der Waals surface area contributed by atoms with Crippen LogP contribution in [0.25, 0.3) is 0 Å². The van der Waals surface area contributed by atoms with E-state index in [4.69, 9.17) is 16.9 Å². The first kappa shape index (κ1) is 13.2. The molecule has 0 N–H and O–H groups in total. The summed E-state index contributed by atoms with van der Waals surface area (Å²) >= 11 is 6.02. The van der Waals surface area contributed by atoms with Crippen molar-refractivity contribution in [2.45, 2.75) is 25.2 Å². The van der Waals surface area contributed by atoms with E-state index in [1.54, 1.807) is 12.3 Å². The minimum atomic E-state index is 0.242. The molecule has 1 saturated carbocycles. The number of hydrogen-bond acceptors (Lipinski definition) is 3. The molecule has 1 fully saturated rings. The second kappa shape index (κ2) is 6.07. The van der Waals surface area contributed by atoms with E-state index < -0.39 is 0 Å². The Morgan fingerprint density at radius 1 is 1.56 bits per heavy atom. The fourth-order valence-electron chi connectivity index (χ4n) is 2.60. The summed E-state index contributed by atoms with van der Waals surface area (Å²) in [4.78, 5) is 4.10. The lowest BCUT2D eigenvalue weighted by Gasteiger charge is -2.16. The molecular formula is C12H13ClN3OS+. The van der Waals surface area contributed by atoms with Crippen molar-refractivity contribution in [3.05, 3.63) is 29.0 Å². The van der Waals surface area contributed by atoms with Crippen LogP contribution in [0.1, 0.15) is 30.7 Å². The molecule has 4 nitrogen and oxygen atoms in total. The summed E-state index contributed by atoms with van der Waals surface area (Å²) in [6.45, 7) is 0.512. The fourth-order valence-corrected chi connectivity index (χ4v) is 3.00. The number of pyridine rings is 1. The molecule has 0 aromatic carbocycles. The minimum absolute atomic E-state index is 0.242. The molecule has 6 heteroatoms. The third-order valence-electron chi connectivity index (χ3n) is 3.44. The Bertz CT molecular complexity index is 519. The van der Waals surface area contributed by atoms with Gasteiger partial charge >= 0.3 is 6.19 Å². The summed E-state index contributed by atoms with van der Waals surface area (Å²) in [7, 11) is 0. The van der Waals surface area contributed by atoms with Crippen molar-refractivity contribution < 1.29 is 8.15 Å². The van der Waals surface area contributed by atoms with Gasteiger partial charge in [-0.25, -0.2) is 4.98 Å². The third kappa shape index (κ3) is 2.95. The number of rotatable bonds is 3. The molecule has 0 radical (unpaired) electrons. The number of nitriles is 1. The first-order valence-electron chi connectivity index (χ1n) is 5.83. The van der Waals surface area contributed by atoms with Crippen LogP contribution in [-0.2, 0) is 11.5 Å². The molecule has 18 heavy (non-hydrogen) atoms. The van der Waals surface area contributed by atoms with Crippen molar-refractivity contribution in [2.75, 3.05) is 6.54 Å². The number of nitrogens with zero attached hydrogens (tertiary/aromatic N) is 3. The van der Waals surface area contributed by atoms with Gasteiger partial charge in [0.05, 0.1) is 0 Å². The molecule has 0 bridgehead atoms. The monoisotopic (exact) mass is 282 g/mol. The molecule has 0 spiro atoms. The maximum Gasteiger partial charge on any atom is 0.473 e. The van der Waals surface area contributed by atoms with Crippen LogP contribution >= 0.6 is 11.6 Å². The first-order chi connectivity index (χ1) is 8.74. The quantitative estimate of drug-likeness (QED) is 0.370. The Hall–Kier alpha value is -1.25. The number of hydrogen-bond donors (Lipinski definition) is 0. The van der Waals surface area contributed by atoms with Crippen LogP contribution < -0.4 is 0 Å². The third-order valence-corrected chi connectivity index (χ3v) is 4.07. The van der Waals surface area contributed by atoms with Crippen LogP contribution in [0, 0.1) is 17.4 Å². The molecule has 1 aromatic heterocycles. The Balaban J connectivity index is 2.15. The lowest BCUT2D eigenvalue weighted by molar-refractivity contribution is -0.419. The van der Waals surface area contributed by atoms with E-state index in [0.29, 0.717) is 23.5 Å². The van der Waals surface area contributed by atoms with E-state index in [0.717, 1.165) is 24.8 Å². The SMILES string of the molecule is N#C[N+](CC1CCCC1c1ccc(Cl)nc1)=S=O. The summed E-state index contributed by atoms with van der Waals surface area (Å²) in [6, 6.07) is 3.77. The summed E-state index contributed by atoms with van der Waals surface area (Å²) in [6.07, 6.45) is 6.96. The molecule has 2 atom stereocenters. The van der Waals surface area contributed by atoms with E-state index >= 15 is 0 Å². The van der Waals surface area contributed by atoms with Crippen LogP contribution in [0.15, 0.2) is 18.3 Å². The highest BCUT2D eigenvalue weighted by atomic mass is 35.5. The van der Waals surface area contributed by atoms with Crippen LogP contribution in [-0.4, -0.2) is 19.7 Å². The highest BCUT2D eigenvalue weighted by molar-refractivity contribution is 7.51. The molecule has 1 aliphatic carbocycles. The van der Waals surface area contributed by atoms with Crippen molar-refractivity contribution in [1.29, 1.82) is 5.26 Å². The van der Waals surface area contributed by atoms with Crippen LogP contribution in [0.2, 0.25) is 5.15 Å². The minimum Gasteiger partial charge on any atom is -0.244 e. The van der Waals surface area contributed by atoms with E-state index in [2.05, 4.69) is 4.98 Å². The summed E-state index contributed by atoms with van der Waals surface area (Å²) in [5.41, 5.74) is 1.15. The molecule has 2 unspecified atom stereocenters. The molecule has 94 valence electrons. The summed E-state index contributed by atoms with van der Waals surface area (Å²) in [5.74, 6) is 0.715. The second-order valence-electron chi connectivity index (χ2n) is 4.45. The Morgan fingerprint density at radius 2 is 2.39 bits per heavy atom. The lowest BCUT2D eigenvalue weighted by atomic mass is 9.90. The number of halogens is 1. The molecule has 1 aliphatic rings. The molecule has 2 rings (SSSR count). The smallest absolute Gasteiger partial charge is 0.244 e. The van der Waals surface area contributed by atoms with Crippen molar-refractivity contribution in [1.82, 2.24) is 4.98 Å². The van der Waals surface area contributed by atoms with Crippen LogP contribution in [0.3, 0.4) is 0 Å². The Morgan fingerprint density at radius 3 is 3.00 bits per heavy atom. The van der Waals surface area contributed by atoms with Crippen molar-refractivity contribution in [3.63, 3.8) is 0 Å². The van der Waals surface area contributed by atoms with E-state index in [1.165, 1.54) is 3.95 Å². The molecular weight excluding hydrogens is 270 g/mol. The average molecular weight is 283 g/mol. The van der Waals surface area contributed by atoms with E-state index in [1.807, 2.05) is 12.3 Å². The van der Waals surface area contributed by atoms with E-state index in [9.17, 15) is 4.21 Å². The van der Waals surface area contributed by atoms with Gasteiger partial charge < -0.3 is 0 Å². The van der Waals surface area contributed by atoms with Gasteiger partial charge in [0.15, 0.2) is 5.26 Å². The molecule has 0 amide bonds. The highest BCUT2D eigenvalue weighted by Gasteiger charge is 2.31. The Kier molecular flexibility index (Phi) is 4.45. The molecule has 1 aromatic rings. The Labute approximate surface area is 114 Å². The average Bonchev–Trinajstić information content (AvgIpc) is 2.85. The van der Waals surface area contributed by atoms with Crippen LogP contribution in [0.4, 0.5) is 0 Å². The lowest BCUT2D eigenvalue weighted by Crippen LogP contribution is -2.18. The van der Waals surface area contributed by atoms with Gasteiger partial charge in [-0.15, -0.1) is 0 Å². The number of aromatic nitrogens is 1. The standard InChI is InChI=1S/C12H13ClN3OS/c13-12-5-4-9(6-15-12)11-3-1-2-10(11)7-16(8-14)18-17/h4-6,10-11H,1-3,7H2/q+1. The summed E-state index contributed by atoms with van der Waals surface area (Å²) in [5, 5.41) is 9.29. The van der Waals surface area contributed by atoms with Crippen molar-refractivity contribution >= 4 is 23.1 Å². The maximum absolute atomic E-state index is 10.7. The van der Waals surface area contributed by atoms with Gasteiger partial charge in [-0.3, -0.25) is 0 Å². The van der Waals surface area contributed by atoms with E-state index in [-0.39, 0.29) is 11.5 Å². The van der Waals surface area contributed by atoms with Gasteiger partial charge in [-0.1, -0.05) is 28.0 Å². The molecule has 0 saturated heterocycles. The zero-order valence-electron chi connectivity index (χ0n) is 9.75. The molecule has 1 heterocycles.